The molecule has 29 heavy (non-hydrogen) atoms. The Balaban J connectivity index is 0.000000169. The fourth-order valence-corrected chi connectivity index (χ4v) is 5.23. The third kappa shape index (κ3) is 7.75. The highest BCUT2D eigenvalue weighted by Crippen LogP contribution is 2.41. The summed E-state index contributed by atoms with van der Waals surface area (Å²) in [4.78, 5) is 10.3. The quantitative estimate of drug-likeness (QED) is 0.664. The highest BCUT2D eigenvalue weighted by molar-refractivity contribution is 4.92. The average molecular weight is 411 g/mol. The molecule has 2 aliphatic heterocycles. The number of halogens is 1. The van der Waals surface area contributed by atoms with E-state index < -0.39 is 5.67 Å². The molecule has 0 aromatic heterocycles. The van der Waals surface area contributed by atoms with Gasteiger partial charge in [-0.3, -0.25) is 9.80 Å². The van der Waals surface area contributed by atoms with Crippen LogP contribution in [0.4, 0.5) is 4.39 Å². The van der Waals surface area contributed by atoms with E-state index in [1.165, 1.54) is 58.7 Å². The summed E-state index contributed by atoms with van der Waals surface area (Å²) in [6, 6.07) is 1.41. The van der Waals surface area contributed by atoms with E-state index in [1.54, 1.807) is 6.92 Å². The zero-order valence-corrected chi connectivity index (χ0v) is 19.9. The highest BCUT2D eigenvalue weighted by Gasteiger charge is 2.41. The van der Waals surface area contributed by atoms with Gasteiger partial charge in [0, 0.05) is 77.5 Å². The van der Waals surface area contributed by atoms with Crippen molar-refractivity contribution in [2.75, 3.05) is 65.4 Å². The van der Waals surface area contributed by atoms with Crippen molar-refractivity contribution in [3.05, 3.63) is 0 Å². The third-order valence-corrected chi connectivity index (χ3v) is 7.43. The molecule has 0 bridgehead atoms. The van der Waals surface area contributed by atoms with E-state index in [-0.39, 0.29) is 0 Å². The van der Waals surface area contributed by atoms with Crippen molar-refractivity contribution in [2.45, 2.75) is 78.1 Å². The maximum absolute atomic E-state index is 13.4. The standard InChI is InChI=1S/C13H25FN2.C11H22N2/c1-11(2)16-6-4-15(5-7-16)10-12-8-13(3,14)9-12;1-10(2)13-7-5-12(6-8-13)9-11-3-4-11/h11-12H,4-10H2,1-3H3;10-11H,3-9H2,1-2H3. The summed E-state index contributed by atoms with van der Waals surface area (Å²) in [6.07, 6.45) is 4.53. The molecule has 0 N–H and O–H groups in total. The molecule has 4 rings (SSSR count). The van der Waals surface area contributed by atoms with Crippen molar-refractivity contribution in [3.63, 3.8) is 0 Å². The van der Waals surface area contributed by atoms with Crippen LogP contribution >= 0.6 is 0 Å². The van der Waals surface area contributed by atoms with Crippen LogP contribution in [-0.2, 0) is 0 Å². The van der Waals surface area contributed by atoms with Gasteiger partial charge in [-0.25, -0.2) is 4.39 Å². The average Bonchev–Trinajstić information content (AvgIpc) is 3.46. The number of piperazine rings is 2. The topological polar surface area (TPSA) is 13.0 Å². The van der Waals surface area contributed by atoms with Gasteiger partial charge in [-0.1, -0.05) is 0 Å². The molecule has 0 aromatic carbocycles. The number of hydrogen-bond acceptors (Lipinski definition) is 4. The van der Waals surface area contributed by atoms with Crippen molar-refractivity contribution in [2.24, 2.45) is 11.8 Å². The molecular weight excluding hydrogens is 363 g/mol. The lowest BCUT2D eigenvalue weighted by Crippen LogP contribution is -2.52. The molecule has 0 radical (unpaired) electrons. The van der Waals surface area contributed by atoms with Gasteiger partial charge in [0.25, 0.3) is 0 Å². The second-order valence-corrected chi connectivity index (χ2v) is 11.0. The van der Waals surface area contributed by atoms with Crippen LogP contribution in [0.25, 0.3) is 0 Å². The van der Waals surface area contributed by atoms with Gasteiger partial charge in [0.2, 0.25) is 0 Å². The second kappa shape index (κ2) is 10.4. The van der Waals surface area contributed by atoms with Gasteiger partial charge < -0.3 is 9.80 Å². The minimum Gasteiger partial charge on any atom is -0.301 e. The molecule has 4 aliphatic rings. The van der Waals surface area contributed by atoms with Crippen LogP contribution in [0.3, 0.4) is 0 Å². The molecule has 2 saturated heterocycles. The van der Waals surface area contributed by atoms with E-state index in [2.05, 4.69) is 47.3 Å². The van der Waals surface area contributed by atoms with Crippen LogP contribution in [0, 0.1) is 11.8 Å². The first-order valence-electron chi connectivity index (χ1n) is 12.3. The normalized spacial score (nSPS) is 32.9. The van der Waals surface area contributed by atoms with E-state index >= 15 is 0 Å². The van der Waals surface area contributed by atoms with Crippen molar-refractivity contribution >= 4 is 0 Å². The SMILES string of the molecule is CC(C)N1CCN(CC2CC(C)(F)C2)CC1.CC(C)N1CCN(CC2CC2)CC1. The Labute approximate surface area is 179 Å². The van der Waals surface area contributed by atoms with E-state index in [0.29, 0.717) is 12.0 Å². The minimum atomic E-state index is -0.857. The largest absolute Gasteiger partial charge is 0.301 e. The molecular formula is C24H47FN4. The maximum Gasteiger partial charge on any atom is 0.108 e. The van der Waals surface area contributed by atoms with Crippen LogP contribution in [-0.4, -0.2) is 103 Å². The Morgan fingerprint density at radius 1 is 0.690 bits per heavy atom. The van der Waals surface area contributed by atoms with Gasteiger partial charge in [0.15, 0.2) is 0 Å². The van der Waals surface area contributed by atoms with Crippen LogP contribution in [0.1, 0.15) is 60.3 Å². The van der Waals surface area contributed by atoms with Gasteiger partial charge in [-0.2, -0.15) is 0 Å². The third-order valence-electron chi connectivity index (χ3n) is 7.43. The lowest BCUT2D eigenvalue weighted by atomic mass is 9.73. The van der Waals surface area contributed by atoms with E-state index in [1.807, 2.05) is 0 Å². The molecule has 4 fully saturated rings. The van der Waals surface area contributed by atoms with Gasteiger partial charge in [0.1, 0.15) is 5.67 Å². The summed E-state index contributed by atoms with van der Waals surface area (Å²) >= 11 is 0. The molecule has 2 saturated carbocycles. The molecule has 2 heterocycles. The Kier molecular flexibility index (Phi) is 8.39. The van der Waals surface area contributed by atoms with Crippen LogP contribution in [0.5, 0.6) is 0 Å². The Morgan fingerprint density at radius 3 is 1.38 bits per heavy atom. The number of rotatable bonds is 6. The number of hydrogen-bond donors (Lipinski definition) is 0. The highest BCUT2D eigenvalue weighted by atomic mass is 19.1. The fourth-order valence-electron chi connectivity index (χ4n) is 5.23. The molecule has 4 nitrogen and oxygen atoms in total. The zero-order valence-electron chi connectivity index (χ0n) is 19.9. The van der Waals surface area contributed by atoms with Crippen LogP contribution < -0.4 is 0 Å². The molecule has 0 amide bonds. The second-order valence-electron chi connectivity index (χ2n) is 11.0. The van der Waals surface area contributed by atoms with Crippen LogP contribution in [0.2, 0.25) is 0 Å². The summed E-state index contributed by atoms with van der Waals surface area (Å²) in [6.45, 7) is 23.2. The van der Waals surface area contributed by atoms with Gasteiger partial charge in [0.05, 0.1) is 0 Å². The first-order valence-corrected chi connectivity index (χ1v) is 12.3. The molecule has 0 unspecified atom stereocenters. The predicted octanol–water partition coefficient (Wildman–Crippen LogP) is 3.57. The monoisotopic (exact) mass is 410 g/mol. The zero-order chi connectivity index (χ0) is 21.0. The molecule has 2 aliphatic carbocycles. The molecule has 0 atom stereocenters. The summed E-state index contributed by atoms with van der Waals surface area (Å²) < 4.78 is 13.4. The Morgan fingerprint density at radius 2 is 1.07 bits per heavy atom. The first-order chi connectivity index (χ1) is 13.7. The Hall–Kier alpha value is -0.230. The van der Waals surface area contributed by atoms with Gasteiger partial charge in [-0.15, -0.1) is 0 Å². The lowest BCUT2D eigenvalue weighted by Gasteiger charge is -2.44. The van der Waals surface area contributed by atoms with Gasteiger partial charge in [-0.05, 0) is 72.1 Å². The number of alkyl halides is 1. The number of nitrogens with zero attached hydrogens (tertiary/aromatic N) is 4. The molecule has 5 heteroatoms. The summed E-state index contributed by atoms with van der Waals surface area (Å²) in [5.74, 6) is 1.67. The molecule has 0 spiro atoms. The van der Waals surface area contributed by atoms with Crippen LogP contribution in [0.15, 0.2) is 0 Å². The lowest BCUT2D eigenvalue weighted by molar-refractivity contribution is -0.00324. The Bertz CT molecular complexity index is 467. The summed E-state index contributed by atoms with van der Waals surface area (Å²) in [5.41, 5.74) is -0.857. The van der Waals surface area contributed by atoms with Gasteiger partial charge >= 0.3 is 0 Å². The smallest absolute Gasteiger partial charge is 0.108 e. The molecule has 0 aromatic rings. The van der Waals surface area contributed by atoms with Crippen molar-refractivity contribution in [1.82, 2.24) is 19.6 Å². The van der Waals surface area contributed by atoms with Crippen molar-refractivity contribution < 1.29 is 4.39 Å². The maximum atomic E-state index is 13.4. The summed E-state index contributed by atoms with van der Waals surface area (Å²) in [7, 11) is 0. The first kappa shape index (κ1) is 23.4. The van der Waals surface area contributed by atoms with E-state index in [9.17, 15) is 4.39 Å². The van der Waals surface area contributed by atoms with Crippen molar-refractivity contribution in [1.29, 1.82) is 0 Å². The predicted molar refractivity (Wildman–Crippen MR) is 121 cm³/mol. The van der Waals surface area contributed by atoms with E-state index in [4.69, 9.17) is 0 Å². The summed E-state index contributed by atoms with van der Waals surface area (Å²) in [5, 5.41) is 0. The van der Waals surface area contributed by atoms with Crippen molar-refractivity contribution in [3.8, 4) is 0 Å². The minimum absolute atomic E-state index is 0.612. The fraction of sp³-hybridized carbons (Fsp3) is 1.00. The van der Waals surface area contributed by atoms with E-state index in [0.717, 1.165) is 44.4 Å². The molecule has 170 valence electrons.